The molecule has 0 aliphatic carbocycles. The van der Waals surface area contributed by atoms with Crippen molar-refractivity contribution in [3.8, 4) is 5.75 Å². The predicted molar refractivity (Wildman–Crippen MR) is 67.6 cm³/mol. The summed E-state index contributed by atoms with van der Waals surface area (Å²) in [7, 11) is 3.37. The number of hydrogen-bond acceptors (Lipinski definition) is 5. The molecule has 1 heterocycles. The van der Waals surface area contributed by atoms with Crippen LogP contribution in [0.15, 0.2) is 29.4 Å². The lowest BCUT2D eigenvalue weighted by molar-refractivity contribution is -0.138. The summed E-state index contributed by atoms with van der Waals surface area (Å²) in [5, 5.41) is 4.06. The lowest BCUT2D eigenvalue weighted by Crippen LogP contribution is -2.43. The molecule has 1 aromatic rings. The highest BCUT2D eigenvalue weighted by molar-refractivity contribution is 6.35. The molecule has 0 bridgehead atoms. The minimum atomic E-state index is -0.425. The van der Waals surface area contributed by atoms with Crippen molar-refractivity contribution in [1.82, 2.24) is 4.90 Å². The van der Waals surface area contributed by atoms with E-state index in [0.29, 0.717) is 24.6 Å². The number of methoxy groups -OCH3 is 1. The van der Waals surface area contributed by atoms with Crippen molar-refractivity contribution in [1.29, 1.82) is 0 Å². The number of carbonyl (C=O) groups is 1. The fraction of sp³-hybridized carbons (Fsp3) is 0.333. The summed E-state index contributed by atoms with van der Waals surface area (Å²) in [4.78, 5) is 13.3. The molecule has 0 amide bonds. The van der Waals surface area contributed by atoms with Crippen LogP contribution in [0.5, 0.6) is 5.75 Å². The molecule has 2 rings (SSSR count). The first-order chi connectivity index (χ1) is 8.72. The molecule has 0 unspecified atom stereocenters. The number of rotatable bonds is 3. The Kier molecular flexibility index (Phi) is 3.66. The molecule has 1 N–H and O–H groups in total. The number of nitrogens with zero attached hydrogens (tertiary/aromatic N) is 2. The second-order valence-electron chi connectivity index (χ2n) is 3.80. The number of nitrogens with one attached hydrogen (secondary N) is 1. The number of likely N-dealkylation sites (N-methyl/N-ethyl adjacent to an activating group) is 1. The van der Waals surface area contributed by atoms with Crippen LogP contribution in [0.3, 0.4) is 0 Å². The molecule has 0 atom stereocenters. The van der Waals surface area contributed by atoms with Gasteiger partial charge in [-0.25, -0.2) is 4.79 Å². The number of benzene rings is 1. The van der Waals surface area contributed by atoms with Gasteiger partial charge < -0.3 is 14.4 Å². The van der Waals surface area contributed by atoms with E-state index in [1.54, 1.807) is 19.1 Å². The van der Waals surface area contributed by atoms with Gasteiger partial charge in [-0.2, -0.15) is 0 Å². The number of esters is 1. The van der Waals surface area contributed by atoms with E-state index in [9.17, 15) is 4.79 Å². The topological polar surface area (TPSA) is 63.2 Å². The van der Waals surface area contributed by atoms with Crippen LogP contribution in [0.1, 0.15) is 0 Å². The molecule has 0 saturated carbocycles. The van der Waals surface area contributed by atoms with Crippen LogP contribution in [0.2, 0.25) is 0 Å². The van der Waals surface area contributed by atoms with Crippen LogP contribution in [0.4, 0.5) is 5.69 Å². The second kappa shape index (κ2) is 5.39. The lowest BCUT2D eigenvalue weighted by atomic mass is 10.3. The number of morpholine rings is 1. The summed E-state index contributed by atoms with van der Waals surface area (Å²) < 4.78 is 10.1. The molecular weight excluding hydrogens is 234 g/mol. The molecule has 1 aliphatic rings. The van der Waals surface area contributed by atoms with Gasteiger partial charge in [0.05, 0.1) is 19.3 Å². The zero-order valence-corrected chi connectivity index (χ0v) is 10.3. The number of carbonyl (C=O) groups excluding carboxylic acids is 1. The number of amidine groups is 1. The third-order valence-electron chi connectivity index (χ3n) is 2.59. The van der Waals surface area contributed by atoms with Gasteiger partial charge >= 0.3 is 5.97 Å². The highest BCUT2D eigenvalue weighted by Crippen LogP contribution is 2.22. The monoisotopic (exact) mass is 249 g/mol. The molecule has 0 spiro atoms. The van der Waals surface area contributed by atoms with E-state index in [2.05, 4.69) is 10.5 Å². The Morgan fingerprint density at radius 1 is 1.44 bits per heavy atom. The normalized spacial score (nSPS) is 17.6. The highest BCUT2D eigenvalue weighted by atomic mass is 16.5. The molecule has 1 aliphatic heterocycles. The standard InChI is InChI=1S/C12H15N3O3/c1-15-7-8-18-12(16)11(15)14-13-9-5-3-4-6-10(9)17-2/h3-6,13H,7-8H2,1-2H3/b14-11+. The molecule has 18 heavy (non-hydrogen) atoms. The van der Waals surface area contributed by atoms with Crippen LogP contribution in [0, 0.1) is 0 Å². The summed E-state index contributed by atoms with van der Waals surface area (Å²) in [5.41, 5.74) is 3.51. The van der Waals surface area contributed by atoms with Crippen LogP contribution >= 0.6 is 0 Å². The van der Waals surface area contributed by atoms with Crippen molar-refractivity contribution >= 4 is 17.5 Å². The van der Waals surface area contributed by atoms with E-state index in [-0.39, 0.29) is 5.84 Å². The maximum atomic E-state index is 11.5. The van der Waals surface area contributed by atoms with E-state index in [1.807, 2.05) is 24.3 Å². The van der Waals surface area contributed by atoms with Crippen molar-refractivity contribution < 1.29 is 14.3 Å². The van der Waals surface area contributed by atoms with Gasteiger partial charge in [-0.05, 0) is 12.1 Å². The zero-order valence-electron chi connectivity index (χ0n) is 10.3. The van der Waals surface area contributed by atoms with E-state index in [4.69, 9.17) is 9.47 Å². The number of hydrazone groups is 1. The first-order valence-corrected chi connectivity index (χ1v) is 5.57. The Morgan fingerprint density at radius 2 is 2.22 bits per heavy atom. The molecule has 0 aromatic heterocycles. The van der Waals surface area contributed by atoms with Crippen molar-refractivity contribution in [2.24, 2.45) is 5.10 Å². The fourth-order valence-corrected chi connectivity index (χ4v) is 1.58. The molecule has 0 radical (unpaired) electrons. The molecule has 1 fully saturated rings. The maximum absolute atomic E-state index is 11.5. The molecule has 6 nitrogen and oxygen atoms in total. The zero-order chi connectivity index (χ0) is 13.0. The fourth-order valence-electron chi connectivity index (χ4n) is 1.58. The van der Waals surface area contributed by atoms with Gasteiger partial charge in [-0.3, -0.25) is 5.43 Å². The van der Waals surface area contributed by atoms with E-state index in [0.717, 1.165) is 0 Å². The maximum Gasteiger partial charge on any atom is 0.376 e. The number of hydrogen-bond donors (Lipinski definition) is 1. The van der Waals surface area contributed by atoms with Crippen LogP contribution < -0.4 is 10.2 Å². The van der Waals surface area contributed by atoms with Crippen LogP contribution in [-0.4, -0.2) is 44.0 Å². The summed E-state index contributed by atoms with van der Waals surface area (Å²) in [6.45, 7) is 1.03. The number of ether oxygens (including phenoxy) is 2. The summed E-state index contributed by atoms with van der Waals surface area (Å²) in [5.74, 6) is 0.493. The molecular formula is C12H15N3O3. The molecule has 1 aromatic carbocycles. The van der Waals surface area contributed by atoms with Crippen molar-refractivity contribution in [3.05, 3.63) is 24.3 Å². The largest absolute Gasteiger partial charge is 0.495 e. The smallest absolute Gasteiger partial charge is 0.376 e. The minimum Gasteiger partial charge on any atom is -0.495 e. The number of para-hydroxylation sites is 2. The second-order valence-corrected chi connectivity index (χ2v) is 3.80. The quantitative estimate of drug-likeness (QED) is 0.637. The van der Waals surface area contributed by atoms with Crippen LogP contribution in [0.25, 0.3) is 0 Å². The van der Waals surface area contributed by atoms with Crippen molar-refractivity contribution in [3.63, 3.8) is 0 Å². The van der Waals surface area contributed by atoms with Gasteiger partial charge in [-0.1, -0.05) is 12.1 Å². The van der Waals surface area contributed by atoms with E-state index in [1.165, 1.54) is 0 Å². The third kappa shape index (κ3) is 2.53. The highest BCUT2D eigenvalue weighted by Gasteiger charge is 2.23. The van der Waals surface area contributed by atoms with Gasteiger partial charge in [-0.15, -0.1) is 5.10 Å². The Balaban J connectivity index is 2.16. The number of anilines is 1. The lowest BCUT2D eigenvalue weighted by Gasteiger charge is -2.24. The first-order valence-electron chi connectivity index (χ1n) is 5.57. The molecule has 96 valence electrons. The average Bonchev–Trinajstić information content (AvgIpc) is 2.38. The Labute approximate surface area is 105 Å². The Hall–Kier alpha value is -2.24. The third-order valence-corrected chi connectivity index (χ3v) is 2.59. The van der Waals surface area contributed by atoms with Crippen molar-refractivity contribution in [2.45, 2.75) is 0 Å². The molecule has 1 saturated heterocycles. The van der Waals surface area contributed by atoms with Gasteiger partial charge in [0.25, 0.3) is 0 Å². The summed E-state index contributed by atoms with van der Waals surface area (Å²) >= 11 is 0. The SMILES string of the molecule is COc1ccccc1N/N=C1\C(=O)OCCN1C. The summed E-state index contributed by atoms with van der Waals surface area (Å²) in [6, 6.07) is 7.34. The average molecular weight is 249 g/mol. The molecule has 6 heteroatoms. The van der Waals surface area contributed by atoms with Gasteiger partial charge in [0.1, 0.15) is 12.4 Å². The Bertz CT molecular complexity index is 473. The van der Waals surface area contributed by atoms with Crippen LogP contribution in [-0.2, 0) is 9.53 Å². The Morgan fingerprint density at radius 3 is 2.94 bits per heavy atom. The number of cyclic esters (lactones) is 1. The minimum absolute atomic E-state index is 0.257. The van der Waals surface area contributed by atoms with Gasteiger partial charge in [0.2, 0.25) is 5.84 Å². The van der Waals surface area contributed by atoms with E-state index >= 15 is 0 Å². The first kappa shape index (κ1) is 12.2. The van der Waals surface area contributed by atoms with Crippen molar-refractivity contribution in [2.75, 3.05) is 32.7 Å². The van der Waals surface area contributed by atoms with Gasteiger partial charge in [0, 0.05) is 7.05 Å². The predicted octanol–water partition coefficient (Wildman–Crippen LogP) is 0.909. The van der Waals surface area contributed by atoms with E-state index < -0.39 is 5.97 Å². The van der Waals surface area contributed by atoms with Gasteiger partial charge in [0.15, 0.2) is 0 Å². The summed E-state index contributed by atoms with van der Waals surface area (Å²) in [6.07, 6.45) is 0.